The van der Waals surface area contributed by atoms with Gasteiger partial charge in [-0.1, -0.05) is 0 Å². The van der Waals surface area contributed by atoms with Crippen molar-refractivity contribution in [3.63, 3.8) is 0 Å². The molecule has 0 saturated heterocycles. The van der Waals surface area contributed by atoms with Gasteiger partial charge in [0.25, 0.3) is 0 Å². The second kappa shape index (κ2) is 3.94. The molecule has 1 radical (unpaired) electrons. The fourth-order valence-electron chi connectivity index (χ4n) is 0.558. The third-order valence-electron chi connectivity index (χ3n) is 1.18. The summed E-state index contributed by atoms with van der Waals surface area (Å²) < 4.78 is 28.7. The van der Waals surface area contributed by atoms with Crippen LogP contribution >= 0.6 is 0 Å². The van der Waals surface area contributed by atoms with Crippen LogP contribution in [-0.4, -0.2) is 44.9 Å². The molecule has 67 valence electrons. The third-order valence-corrected chi connectivity index (χ3v) is 1.18. The van der Waals surface area contributed by atoms with Crippen LogP contribution in [0.2, 0.25) is 0 Å². The minimum Gasteiger partial charge on any atom is -0.323 e. The Kier molecular flexibility index (Phi) is 3.85. The molecule has 0 N–H and O–H groups in total. The predicted molar refractivity (Wildman–Crippen MR) is 35.0 cm³/mol. The molecule has 0 fully saturated rings. The number of hydrogen-bond donors (Lipinski definition) is 0. The van der Waals surface area contributed by atoms with Gasteiger partial charge in [0.1, 0.15) is 0 Å². The first-order chi connectivity index (χ1) is 4.90. The number of halogens is 2. The van der Waals surface area contributed by atoms with Crippen LogP contribution in [0.4, 0.5) is 8.78 Å². The summed E-state index contributed by atoms with van der Waals surface area (Å²) in [6.07, 6.45) is -2.16. The third kappa shape index (κ3) is 3.60. The summed E-state index contributed by atoms with van der Waals surface area (Å²) in [7, 11) is 3.92. The first-order valence-electron chi connectivity index (χ1n) is 3.13. The first kappa shape index (κ1) is 10.7. The number of alkyl halides is 2. The van der Waals surface area contributed by atoms with Crippen molar-refractivity contribution in [2.45, 2.75) is 12.2 Å². The van der Waals surface area contributed by atoms with Gasteiger partial charge in [-0.2, -0.15) is 9.50 Å². The van der Waals surface area contributed by atoms with Crippen LogP contribution in [0.1, 0.15) is 0 Å². The van der Waals surface area contributed by atoms with E-state index in [4.69, 9.17) is 0 Å². The molecule has 0 heterocycles. The van der Waals surface area contributed by atoms with Gasteiger partial charge in [-0.15, -0.1) is 0 Å². The molecule has 0 rings (SSSR count). The normalized spacial score (nSPS) is 19.9. The quantitative estimate of drug-likeness (QED) is 0.575. The standard InChI is InChI=1S/C6H12F2NO2/c1-9(2)4-5(7)6(8,10)11-3/h5H,4H2,1-3H3. The van der Waals surface area contributed by atoms with Crippen LogP contribution in [0.25, 0.3) is 0 Å². The van der Waals surface area contributed by atoms with Crippen molar-refractivity contribution in [3.05, 3.63) is 0 Å². The highest BCUT2D eigenvalue weighted by molar-refractivity contribution is 4.68. The minimum atomic E-state index is -3.43. The van der Waals surface area contributed by atoms with Gasteiger partial charge in [0.2, 0.25) is 6.17 Å². The Balaban J connectivity index is 3.90. The van der Waals surface area contributed by atoms with E-state index in [1.165, 1.54) is 4.90 Å². The summed E-state index contributed by atoms with van der Waals surface area (Å²) in [6.45, 7) is -0.284. The van der Waals surface area contributed by atoms with Crippen molar-refractivity contribution in [1.29, 1.82) is 0 Å². The Morgan fingerprint density at radius 2 is 2.09 bits per heavy atom. The molecule has 0 aliphatic heterocycles. The van der Waals surface area contributed by atoms with Crippen LogP contribution < -0.4 is 0 Å². The zero-order chi connectivity index (χ0) is 9.07. The van der Waals surface area contributed by atoms with Gasteiger partial charge in [-0.05, 0) is 14.1 Å². The monoisotopic (exact) mass is 168 g/mol. The van der Waals surface area contributed by atoms with Crippen LogP contribution in [-0.2, 0) is 9.84 Å². The van der Waals surface area contributed by atoms with Gasteiger partial charge in [-0.3, -0.25) is 0 Å². The van der Waals surface area contributed by atoms with Crippen LogP contribution in [0, 0.1) is 0 Å². The summed E-state index contributed by atoms with van der Waals surface area (Å²) in [5.74, 6) is 0. The van der Waals surface area contributed by atoms with Gasteiger partial charge in [0.05, 0.1) is 0 Å². The predicted octanol–water partition coefficient (Wildman–Crippen LogP) is 0.586. The van der Waals surface area contributed by atoms with E-state index in [-0.39, 0.29) is 6.54 Å². The lowest BCUT2D eigenvalue weighted by molar-refractivity contribution is -0.341. The van der Waals surface area contributed by atoms with Crippen LogP contribution in [0.3, 0.4) is 0 Å². The lowest BCUT2D eigenvalue weighted by Crippen LogP contribution is -2.41. The molecule has 0 saturated carbocycles. The van der Waals surface area contributed by atoms with Gasteiger partial charge in [-0.25, -0.2) is 4.39 Å². The molecule has 0 aromatic heterocycles. The molecule has 0 aliphatic carbocycles. The van der Waals surface area contributed by atoms with Gasteiger partial charge < -0.3 is 9.64 Å². The number of methoxy groups -OCH3 is 1. The molecule has 0 bridgehead atoms. The topological polar surface area (TPSA) is 32.4 Å². The second-order valence-corrected chi connectivity index (χ2v) is 2.52. The highest BCUT2D eigenvalue weighted by atomic mass is 19.2. The van der Waals surface area contributed by atoms with Crippen LogP contribution in [0.15, 0.2) is 0 Å². The molecule has 5 heteroatoms. The van der Waals surface area contributed by atoms with E-state index in [1.54, 1.807) is 14.1 Å². The maximum Gasteiger partial charge on any atom is 0.380 e. The molecular formula is C6H12F2NO2. The van der Waals surface area contributed by atoms with Gasteiger partial charge in [0, 0.05) is 13.7 Å². The molecule has 11 heavy (non-hydrogen) atoms. The lowest BCUT2D eigenvalue weighted by atomic mass is 10.3. The van der Waals surface area contributed by atoms with Crippen LogP contribution in [0.5, 0.6) is 0 Å². The van der Waals surface area contributed by atoms with Gasteiger partial charge >= 0.3 is 6.04 Å². The number of rotatable bonds is 4. The van der Waals surface area contributed by atoms with Gasteiger partial charge in [0.15, 0.2) is 0 Å². The fraction of sp³-hybridized carbons (Fsp3) is 1.00. The van der Waals surface area contributed by atoms with Crippen molar-refractivity contribution >= 4 is 0 Å². The van der Waals surface area contributed by atoms with Crippen molar-refractivity contribution < 1.29 is 18.6 Å². The molecule has 0 aromatic rings. The molecular weight excluding hydrogens is 156 g/mol. The maximum absolute atomic E-state index is 12.6. The van der Waals surface area contributed by atoms with Crippen molar-refractivity contribution in [3.8, 4) is 0 Å². The average molecular weight is 168 g/mol. The number of hydrogen-bond acceptors (Lipinski definition) is 2. The Hall–Kier alpha value is -0.260. The lowest BCUT2D eigenvalue weighted by Gasteiger charge is -2.21. The summed E-state index contributed by atoms with van der Waals surface area (Å²) in [6, 6.07) is -3.43. The Morgan fingerprint density at radius 1 is 1.64 bits per heavy atom. The average Bonchev–Trinajstić information content (AvgIpc) is 1.86. The summed E-state index contributed by atoms with van der Waals surface area (Å²) >= 11 is 0. The van der Waals surface area contributed by atoms with E-state index in [0.29, 0.717) is 0 Å². The molecule has 0 aromatic carbocycles. The highest BCUT2D eigenvalue weighted by Gasteiger charge is 2.40. The molecule has 2 unspecified atom stereocenters. The SMILES string of the molecule is COC([O])(F)C(F)CN(C)C. The fourth-order valence-corrected chi connectivity index (χ4v) is 0.558. The van der Waals surface area contributed by atoms with Crippen molar-refractivity contribution in [2.75, 3.05) is 27.7 Å². The molecule has 0 amide bonds. The Morgan fingerprint density at radius 3 is 2.36 bits per heavy atom. The first-order valence-corrected chi connectivity index (χ1v) is 3.13. The smallest absolute Gasteiger partial charge is 0.323 e. The number of ether oxygens (including phenoxy) is 1. The Bertz CT molecular complexity index is 119. The van der Waals surface area contributed by atoms with E-state index in [1.807, 2.05) is 0 Å². The molecule has 0 aliphatic rings. The van der Waals surface area contributed by atoms with E-state index in [9.17, 15) is 13.9 Å². The molecule has 0 spiro atoms. The Labute approximate surface area is 64.6 Å². The molecule has 3 nitrogen and oxygen atoms in total. The maximum atomic E-state index is 12.6. The zero-order valence-corrected chi connectivity index (χ0v) is 6.80. The highest BCUT2D eigenvalue weighted by Crippen LogP contribution is 2.17. The van der Waals surface area contributed by atoms with Crippen molar-refractivity contribution in [1.82, 2.24) is 4.90 Å². The summed E-state index contributed by atoms with van der Waals surface area (Å²) in [4.78, 5) is 1.37. The molecule has 2 atom stereocenters. The zero-order valence-electron chi connectivity index (χ0n) is 6.80. The van der Waals surface area contributed by atoms with E-state index >= 15 is 0 Å². The number of nitrogens with zero attached hydrogens (tertiary/aromatic N) is 1. The van der Waals surface area contributed by atoms with E-state index < -0.39 is 12.2 Å². The van der Waals surface area contributed by atoms with E-state index in [0.717, 1.165) is 7.11 Å². The van der Waals surface area contributed by atoms with Crippen molar-refractivity contribution in [2.24, 2.45) is 0 Å². The summed E-state index contributed by atoms with van der Waals surface area (Å²) in [5, 5.41) is 10.4. The minimum absolute atomic E-state index is 0.284. The largest absolute Gasteiger partial charge is 0.380 e. The second-order valence-electron chi connectivity index (χ2n) is 2.52. The summed E-state index contributed by atoms with van der Waals surface area (Å²) in [5.41, 5.74) is 0. The van der Waals surface area contributed by atoms with E-state index in [2.05, 4.69) is 4.74 Å².